The molecule has 0 aliphatic carbocycles. The van der Waals surface area contributed by atoms with Crippen molar-refractivity contribution in [2.75, 3.05) is 24.4 Å². The van der Waals surface area contributed by atoms with Crippen molar-refractivity contribution in [1.82, 2.24) is 15.4 Å². The zero-order chi connectivity index (χ0) is 32.5. The second kappa shape index (κ2) is 12.1. The lowest BCUT2D eigenvalue weighted by atomic mass is 10.0. The Balaban J connectivity index is 1.61. The topological polar surface area (TPSA) is 153 Å². The Morgan fingerprint density at radius 3 is 2.52 bits per heavy atom. The van der Waals surface area contributed by atoms with Gasteiger partial charge in [0.05, 0.1) is 26.5 Å². The lowest BCUT2D eigenvalue weighted by molar-refractivity contribution is 0.0692. The van der Waals surface area contributed by atoms with Crippen molar-refractivity contribution < 1.29 is 19.2 Å². The molecular weight excluding hydrogens is 576 g/mol. The third-order valence-electron chi connectivity index (χ3n) is 7.14. The maximum atomic E-state index is 13.6. The van der Waals surface area contributed by atoms with Gasteiger partial charge in [-0.2, -0.15) is 4.36 Å². The molecule has 2 heterocycles. The number of nitrogen functional groups attached to an aromatic ring is 1. The number of Topliss-reactive ketones (excluding diaryl/α,β-unsaturated/α-hetero) is 1. The predicted octanol–water partition coefficient (Wildman–Crippen LogP) is 4.21. The predicted molar refractivity (Wildman–Crippen MR) is 174 cm³/mol. The monoisotopic (exact) mass is 616 g/mol. The van der Waals surface area contributed by atoms with Gasteiger partial charge in [-0.3, -0.25) is 4.79 Å². The van der Waals surface area contributed by atoms with Crippen molar-refractivity contribution in [3.63, 3.8) is 0 Å². The molecule has 0 amide bonds. The number of pyridine rings is 1. The van der Waals surface area contributed by atoms with E-state index >= 15 is 0 Å². The second-order valence-electron chi connectivity index (χ2n) is 11.8. The van der Waals surface area contributed by atoms with Gasteiger partial charge in [0.2, 0.25) is 0 Å². The SMILES string of the molecule is CCC(=O)c1cccc(S(C)(=O)=NC(C)(O)c2cnc(N)c(C#Cc3cccc(NC(C)(O)C4=CC(C)(C)NN4C)c3)c2)c1. The molecule has 2 aromatic carbocycles. The number of aromatic nitrogens is 1. The van der Waals surface area contributed by atoms with Crippen LogP contribution in [0.25, 0.3) is 0 Å². The molecule has 0 saturated heterocycles. The van der Waals surface area contributed by atoms with E-state index < -0.39 is 21.2 Å². The number of benzene rings is 2. The number of hydrogen-bond acceptors (Lipinski definition) is 10. The summed E-state index contributed by atoms with van der Waals surface area (Å²) in [6.07, 6.45) is 5.07. The number of hydrazine groups is 1. The van der Waals surface area contributed by atoms with Gasteiger partial charge in [-0.25, -0.2) is 14.6 Å². The number of nitrogens with two attached hydrogens (primary N) is 1. The fourth-order valence-corrected chi connectivity index (χ4v) is 6.54. The molecule has 0 radical (unpaired) electrons. The maximum absolute atomic E-state index is 13.6. The van der Waals surface area contributed by atoms with E-state index in [1.54, 1.807) is 55.3 Å². The molecule has 232 valence electrons. The van der Waals surface area contributed by atoms with Crippen molar-refractivity contribution in [2.24, 2.45) is 4.36 Å². The summed E-state index contributed by atoms with van der Waals surface area (Å²) in [6, 6.07) is 15.3. The Bertz CT molecular complexity index is 1810. The average Bonchev–Trinajstić information content (AvgIpc) is 3.24. The van der Waals surface area contributed by atoms with E-state index in [0.29, 0.717) is 39.4 Å². The van der Waals surface area contributed by atoms with Crippen LogP contribution in [0.1, 0.15) is 68.1 Å². The fraction of sp³-hybridized carbons (Fsp3) is 0.333. The number of nitrogens with zero attached hydrogens (tertiary/aromatic N) is 3. The van der Waals surface area contributed by atoms with Crippen LogP contribution in [0.3, 0.4) is 0 Å². The number of aliphatic hydroxyl groups is 2. The minimum atomic E-state index is -3.11. The molecule has 1 aliphatic heterocycles. The van der Waals surface area contributed by atoms with E-state index in [0.717, 1.165) is 0 Å². The summed E-state index contributed by atoms with van der Waals surface area (Å²) in [5, 5.41) is 27.5. The molecule has 10 nitrogen and oxygen atoms in total. The number of rotatable bonds is 8. The number of carbonyl (C=O) groups is 1. The molecule has 3 aromatic rings. The summed E-state index contributed by atoms with van der Waals surface area (Å²) >= 11 is 0. The first-order valence-corrected chi connectivity index (χ1v) is 16.1. The van der Waals surface area contributed by atoms with Crippen molar-refractivity contribution in [3.05, 3.63) is 94.8 Å². The summed E-state index contributed by atoms with van der Waals surface area (Å²) in [4.78, 5) is 16.7. The number of carbonyl (C=O) groups excluding carboxylic acids is 1. The molecule has 3 atom stereocenters. The average molecular weight is 617 g/mol. The maximum Gasteiger partial charge on any atom is 0.190 e. The molecule has 0 fully saturated rings. The van der Waals surface area contributed by atoms with Crippen LogP contribution >= 0.6 is 0 Å². The van der Waals surface area contributed by atoms with Crippen LogP contribution in [-0.4, -0.2) is 54.8 Å². The molecule has 4 rings (SSSR count). The Hall–Kier alpha value is -4.21. The number of nitrogens with one attached hydrogen (secondary N) is 2. The molecule has 3 unspecified atom stereocenters. The van der Waals surface area contributed by atoms with Crippen LogP contribution < -0.4 is 16.5 Å². The number of hydrogen-bond donors (Lipinski definition) is 5. The third kappa shape index (κ3) is 7.46. The summed E-state index contributed by atoms with van der Waals surface area (Å²) in [5.41, 5.74) is 8.89. The van der Waals surface area contributed by atoms with Crippen LogP contribution in [0.4, 0.5) is 11.5 Å². The third-order valence-corrected chi connectivity index (χ3v) is 8.97. The van der Waals surface area contributed by atoms with Gasteiger partial charge < -0.3 is 26.3 Å². The second-order valence-corrected chi connectivity index (χ2v) is 14.1. The Kier molecular flexibility index (Phi) is 8.96. The standard InChI is InChI=1S/C33H40N6O4S/c1-8-28(40)23-12-10-14-27(19-23)44(7,43)38-32(4,41)25-18-24(30(34)35-21-25)16-15-22-11-9-13-26(17-22)36-33(5,42)29-20-31(2,3)37-39(29)6/h9-14,17-21,36-37,41-42H,8H2,1-7H3,(H2,34,35). The van der Waals surface area contributed by atoms with E-state index in [4.69, 9.17) is 5.73 Å². The normalized spacial score (nSPS) is 18.1. The van der Waals surface area contributed by atoms with Crippen molar-refractivity contribution >= 4 is 27.0 Å². The summed E-state index contributed by atoms with van der Waals surface area (Å²) in [5.74, 6) is 6.15. The van der Waals surface area contributed by atoms with E-state index in [9.17, 15) is 19.2 Å². The highest BCUT2D eigenvalue weighted by molar-refractivity contribution is 7.93. The quantitative estimate of drug-likeness (QED) is 0.142. The minimum absolute atomic E-state index is 0.0772. The van der Waals surface area contributed by atoms with Crippen LogP contribution in [0.15, 0.2) is 81.8 Å². The van der Waals surface area contributed by atoms with Gasteiger partial charge in [-0.15, -0.1) is 0 Å². The Morgan fingerprint density at radius 2 is 1.86 bits per heavy atom. The van der Waals surface area contributed by atoms with Crippen LogP contribution in [0, 0.1) is 11.8 Å². The number of anilines is 2. The molecule has 1 aromatic heterocycles. The fourth-order valence-electron chi connectivity index (χ4n) is 4.98. The molecule has 0 saturated carbocycles. The van der Waals surface area contributed by atoms with E-state index in [1.165, 1.54) is 19.4 Å². The van der Waals surface area contributed by atoms with Gasteiger partial charge in [-0.05, 0) is 70.2 Å². The summed E-state index contributed by atoms with van der Waals surface area (Å²) < 4.78 is 17.9. The van der Waals surface area contributed by atoms with Gasteiger partial charge in [-0.1, -0.05) is 37.0 Å². The largest absolute Gasteiger partial charge is 0.383 e. The van der Waals surface area contributed by atoms with Crippen molar-refractivity contribution in [3.8, 4) is 11.8 Å². The smallest absolute Gasteiger partial charge is 0.190 e. The van der Waals surface area contributed by atoms with E-state index in [1.807, 2.05) is 45.2 Å². The lowest BCUT2D eigenvalue weighted by Gasteiger charge is -2.32. The molecule has 0 bridgehead atoms. The Labute approximate surface area is 259 Å². The highest BCUT2D eigenvalue weighted by Gasteiger charge is 2.37. The number of ketones is 1. The highest BCUT2D eigenvalue weighted by Crippen LogP contribution is 2.30. The van der Waals surface area contributed by atoms with E-state index in [-0.39, 0.29) is 22.7 Å². The zero-order valence-corrected chi connectivity index (χ0v) is 26.9. The molecule has 0 spiro atoms. The van der Waals surface area contributed by atoms with Crippen LogP contribution in [-0.2, 0) is 15.5 Å². The van der Waals surface area contributed by atoms with Crippen molar-refractivity contribution in [2.45, 2.75) is 62.9 Å². The highest BCUT2D eigenvalue weighted by atomic mass is 32.2. The van der Waals surface area contributed by atoms with Crippen LogP contribution in [0.5, 0.6) is 0 Å². The molecule has 1 aliphatic rings. The van der Waals surface area contributed by atoms with Gasteiger partial charge in [0.25, 0.3) is 0 Å². The Morgan fingerprint density at radius 1 is 1.16 bits per heavy atom. The van der Waals surface area contributed by atoms with Crippen molar-refractivity contribution in [1.29, 1.82) is 0 Å². The summed E-state index contributed by atoms with van der Waals surface area (Å²) in [7, 11) is -1.26. The van der Waals surface area contributed by atoms with Gasteiger partial charge >= 0.3 is 0 Å². The minimum Gasteiger partial charge on any atom is -0.383 e. The van der Waals surface area contributed by atoms with Gasteiger partial charge in [0, 0.05) is 53.2 Å². The first-order chi connectivity index (χ1) is 20.4. The first-order valence-electron chi connectivity index (χ1n) is 14.1. The van der Waals surface area contributed by atoms with E-state index in [2.05, 4.69) is 31.9 Å². The van der Waals surface area contributed by atoms with Gasteiger partial charge in [0.1, 0.15) is 5.82 Å². The first kappa shape index (κ1) is 32.7. The zero-order valence-electron chi connectivity index (χ0n) is 26.1. The molecule has 6 N–H and O–H groups in total. The molecule has 11 heteroatoms. The summed E-state index contributed by atoms with van der Waals surface area (Å²) in [6.45, 7) is 8.88. The van der Waals surface area contributed by atoms with Crippen LogP contribution in [0.2, 0.25) is 0 Å². The lowest BCUT2D eigenvalue weighted by Crippen LogP contribution is -2.46. The molecule has 44 heavy (non-hydrogen) atoms. The molecular formula is C33H40N6O4S. The number of likely N-dealkylation sites (N-methyl/N-ethyl adjacent to an activating group) is 1. The van der Waals surface area contributed by atoms with Gasteiger partial charge in [0.15, 0.2) is 17.2 Å².